The third-order valence-electron chi connectivity index (χ3n) is 4.76. The second-order valence-corrected chi connectivity index (χ2v) is 7.12. The van der Waals surface area contributed by atoms with Crippen molar-refractivity contribution in [1.82, 2.24) is 10.9 Å². The molecule has 0 aliphatic carbocycles. The second kappa shape index (κ2) is 11.4. The van der Waals surface area contributed by atoms with Crippen molar-refractivity contribution in [3.63, 3.8) is 0 Å². The average Bonchev–Trinajstić information content (AvgIpc) is 2.83. The highest BCUT2D eigenvalue weighted by Crippen LogP contribution is 2.14. The number of carbonyl (C=O) groups is 3. The molecule has 0 aliphatic heterocycles. The molecule has 0 saturated heterocycles. The van der Waals surface area contributed by atoms with Crippen molar-refractivity contribution >= 4 is 23.4 Å². The molecule has 3 amide bonds. The number of amides is 3. The van der Waals surface area contributed by atoms with E-state index in [9.17, 15) is 14.4 Å². The van der Waals surface area contributed by atoms with Gasteiger partial charge in [-0.15, -0.1) is 0 Å². The molecule has 0 aliphatic rings. The number of hydrogen-bond acceptors (Lipinski definition) is 5. The van der Waals surface area contributed by atoms with Crippen molar-refractivity contribution in [2.75, 3.05) is 25.6 Å². The maximum atomic E-state index is 12.4. The van der Waals surface area contributed by atoms with Crippen molar-refractivity contribution in [2.24, 2.45) is 0 Å². The van der Waals surface area contributed by atoms with Crippen LogP contribution < -0.4 is 20.9 Å². The molecule has 33 heavy (non-hydrogen) atoms. The van der Waals surface area contributed by atoms with Gasteiger partial charge in [0.25, 0.3) is 17.7 Å². The molecular formula is C25H25N3O5. The summed E-state index contributed by atoms with van der Waals surface area (Å²) < 4.78 is 10.4. The summed E-state index contributed by atoms with van der Waals surface area (Å²) in [5.74, 6) is -0.566. The number of carbonyl (C=O) groups excluding carboxylic acids is 3. The van der Waals surface area contributed by atoms with Crippen LogP contribution in [0.25, 0.3) is 0 Å². The Hall–Kier alpha value is -4.17. The largest absolute Gasteiger partial charge is 0.491 e. The lowest BCUT2D eigenvalue weighted by molar-refractivity contribution is 0.0846. The van der Waals surface area contributed by atoms with Gasteiger partial charge in [0.05, 0.1) is 6.61 Å². The minimum absolute atomic E-state index is 0.229. The van der Waals surface area contributed by atoms with E-state index in [-0.39, 0.29) is 5.91 Å². The highest BCUT2D eigenvalue weighted by Gasteiger charge is 2.11. The van der Waals surface area contributed by atoms with Gasteiger partial charge in [-0.1, -0.05) is 18.2 Å². The third-order valence-corrected chi connectivity index (χ3v) is 4.76. The third kappa shape index (κ3) is 6.65. The lowest BCUT2D eigenvalue weighted by Crippen LogP contribution is -2.41. The minimum atomic E-state index is -0.486. The van der Waals surface area contributed by atoms with Crippen molar-refractivity contribution in [1.29, 1.82) is 0 Å². The monoisotopic (exact) mass is 447 g/mol. The number of methoxy groups -OCH3 is 1. The molecule has 3 N–H and O–H groups in total. The molecule has 0 radical (unpaired) electrons. The van der Waals surface area contributed by atoms with Gasteiger partial charge in [0, 0.05) is 29.5 Å². The Labute approximate surface area is 191 Å². The highest BCUT2D eigenvalue weighted by molar-refractivity contribution is 6.05. The van der Waals surface area contributed by atoms with E-state index >= 15 is 0 Å². The lowest BCUT2D eigenvalue weighted by Gasteiger charge is -2.10. The summed E-state index contributed by atoms with van der Waals surface area (Å²) in [5, 5.41) is 2.80. The maximum absolute atomic E-state index is 12.4. The van der Waals surface area contributed by atoms with Gasteiger partial charge in [0.1, 0.15) is 12.4 Å². The van der Waals surface area contributed by atoms with Gasteiger partial charge in [-0.05, 0) is 67.1 Å². The Balaban J connectivity index is 1.50. The van der Waals surface area contributed by atoms with Gasteiger partial charge in [0.15, 0.2) is 0 Å². The topological polar surface area (TPSA) is 106 Å². The SMILES string of the molecule is COCCOc1ccc(C(=O)NNC(=O)c2ccc(NC(=O)c3ccccc3C)cc2)cc1. The lowest BCUT2D eigenvalue weighted by atomic mass is 10.1. The molecule has 0 fully saturated rings. The zero-order valence-electron chi connectivity index (χ0n) is 18.4. The quantitative estimate of drug-likeness (QED) is 0.363. The number of anilines is 1. The predicted molar refractivity (Wildman–Crippen MR) is 124 cm³/mol. The fourth-order valence-electron chi connectivity index (χ4n) is 2.93. The average molecular weight is 447 g/mol. The van der Waals surface area contributed by atoms with E-state index in [1.165, 1.54) is 0 Å². The number of rotatable bonds is 8. The summed E-state index contributed by atoms with van der Waals surface area (Å²) in [5.41, 5.74) is 7.44. The number of nitrogens with one attached hydrogen (secondary N) is 3. The summed E-state index contributed by atoms with van der Waals surface area (Å²) in [6, 6.07) is 20.1. The Morgan fingerprint density at radius 3 is 1.88 bits per heavy atom. The number of hydrogen-bond donors (Lipinski definition) is 3. The fraction of sp³-hybridized carbons (Fsp3) is 0.160. The molecule has 0 heterocycles. The van der Waals surface area contributed by atoms with Crippen molar-refractivity contribution in [3.8, 4) is 5.75 Å². The van der Waals surface area contributed by atoms with Crippen LogP contribution in [0.5, 0.6) is 5.75 Å². The summed E-state index contributed by atoms with van der Waals surface area (Å²) >= 11 is 0. The van der Waals surface area contributed by atoms with E-state index in [1.54, 1.807) is 67.8 Å². The summed E-state index contributed by atoms with van der Waals surface area (Å²) in [6.07, 6.45) is 0. The van der Waals surface area contributed by atoms with Crippen LogP contribution in [0.2, 0.25) is 0 Å². The number of ether oxygens (including phenoxy) is 2. The molecule has 0 bridgehead atoms. The van der Waals surface area contributed by atoms with Crippen molar-refractivity contribution in [3.05, 3.63) is 95.1 Å². The molecule has 0 aromatic heterocycles. The first-order valence-electron chi connectivity index (χ1n) is 10.3. The summed E-state index contributed by atoms with van der Waals surface area (Å²) in [7, 11) is 1.59. The molecule has 8 nitrogen and oxygen atoms in total. The normalized spacial score (nSPS) is 10.2. The van der Waals surface area contributed by atoms with Crippen molar-refractivity contribution in [2.45, 2.75) is 6.92 Å². The molecule has 170 valence electrons. The standard InChI is InChI=1S/C25H25N3O5/c1-17-5-3-4-6-22(17)25(31)26-20-11-7-18(8-12-20)23(29)27-28-24(30)19-9-13-21(14-10-19)33-16-15-32-2/h3-14H,15-16H2,1-2H3,(H,26,31)(H,27,29)(H,28,30). The Kier molecular flexibility index (Phi) is 8.15. The molecule has 0 spiro atoms. The Morgan fingerprint density at radius 1 is 0.727 bits per heavy atom. The van der Waals surface area contributed by atoms with E-state index in [0.717, 1.165) is 5.56 Å². The second-order valence-electron chi connectivity index (χ2n) is 7.12. The smallest absolute Gasteiger partial charge is 0.269 e. The van der Waals surface area contributed by atoms with Crippen LogP contribution in [0, 0.1) is 6.92 Å². The predicted octanol–water partition coefficient (Wildman–Crippen LogP) is 3.35. The molecule has 0 atom stereocenters. The van der Waals surface area contributed by atoms with Crippen molar-refractivity contribution < 1.29 is 23.9 Å². The summed E-state index contributed by atoms with van der Waals surface area (Å²) in [6.45, 7) is 2.74. The van der Waals surface area contributed by atoms with Crippen LogP contribution in [-0.2, 0) is 4.74 Å². The molecule has 0 saturated carbocycles. The molecule has 3 rings (SSSR count). The molecule has 0 unspecified atom stereocenters. The van der Waals surface area contributed by atoms with Gasteiger partial charge in [-0.25, -0.2) is 0 Å². The van der Waals surface area contributed by atoms with E-state index in [4.69, 9.17) is 9.47 Å². The van der Waals surface area contributed by atoms with Gasteiger partial charge >= 0.3 is 0 Å². The molecule has 3 aromatic carbocycles. The number of hydrazine groups is 1. The first-order valence-corrected chi connectivity index (χ1v) is 10.3. The Morgan fingerprint density at radius 2 is 1.30 bits per heavy atom. The van der Waals surface area contributed by atoms with Crippen LogP contribution in [0.4, 0.5) is 5.69 Å². The van der Waals surface area contributed by atoms with E-state index in [0.29, 0.717) is 41.3 Å². The van der Waals surface area contributed by atoms with E-state index < -0.39 is 11.8 Å². The highest BCUT2D eigenvalue weighted by atomic mass is 16.5. The molecule has 3 aromatic rings. The zero-order valence-corrected chi connectivity index (χ0v) is 18.4. The van der Waals surface area contributed by atoms with Gasteiger partial charge < -0.3 is 14.8 Å². The number of aryl methyl sites for hydroxylation is 1. The maximum Gasteiger partial charge on any atom is 0.269 e. The van der Waals surface area contributed by atoms with E-state index in [1.807, 2.05) is 19.1 Å². The Bertz CT molecular complexity index is 1110. The first kappa shape index (κ1) is 23.5. The van der Waals surface area contributed by atoms with Crippen LogP contribution in [0.15, 0.2) is 72.8 Å². The summed E-state index contributed by atoms with van der Waals surface area (Å²) in [4.78, 5) is 37.0. The van der Waals surface area contributed by atoms with Crippen LogP contribution in [0.3, 0.4) is 0 Å². The van der Waals surface area contributed by atoms with Gasteiger partial charge in [0.2, 0.25) is 0 Å². The van der Waals surface area contributed by atoms with Crippen LogP contribution in [-0.4, -0.2) is 38.0 Å². The fourth-order valence-corrected chi connectivity index (χ4v) is 2.93. The van der Waals surface area contributed by atoms with Gasteiger partial charge in [-0.2, -0.15) is 0 Å². The number of benzene rings is 3. The van der Waals surface area contributed by atoms with E-state index in [2.05, 4.69) is 16.2 Å². The minimum Gasteiger partial charge on any atom is -0.491 e. The van der Waals surface area contributed by atoms with Crippen LogP contribution >= 0.6 is 0 Å². The zero-order chi connectivity index (χ0) is 23.6. The first-order chi connectivity index (χ1) is 16.0. The molecule has 8 heteroatoms. The molecular weight excluding hydrogens is 422 g/mol. The van der Waals surface area contributed by atoms with Gasteiger partial charge in [-0.3, -0.25) is 25.2 Å². The van der Waals surface area contributed by atoms with Crippen LogP contribution in [0.1, 0.15) is 36.6 Å².